The minimum absolute atomic E-state index is 0.214. The molecule has 0 aliphatic heterocycles. The van der Waals surface area contributed by atoms with E-state index in [9.17, 15) is 5.26 Å². The van der Waals surface area contributed by atoms with Gasteiger partial charge in [-0.1, -0.05) is 6.07 Å². The van der Waals surface area contributed by atoms with Gasteiger partial charge in [0.2, 0.25) is 5.88 Å². The minimum atomic E-state index is -0.214. The summed E-state index contributed by atoms with van der Waals surface area (Å²) in [5, 5.41) is 9.20. The Kier molecular flexibility index (Phi) is 5.63. The van der Waals surface area contributed by atoms with Gasteiger partial charge in [0.15, 0.2) is 0 Å². The Bertz CT molecular complexity index is 1120. The van der Waals surface area contributed by atoms with Crippen molar-refractivity contribution in [2.75, 3.05) is 12.0 Å². The van der Waals surface area contributed by atoms with E-state index in [1.54, 1.807) is 19.5 Å². The number of hydrogen-bond acceptors (Lipinski definition) is 6. The van der Waals surface area contributed by atoms with Gasteiger partial charge in [-0.05, 0) is 59.7 Å². The Morgan fingerprint density at radius 2 is 1.57 bits per heavy atom. The first-order valence-electron chi connectivity index (χ1n) is 9.39. The van der Waals surface area contributed by atoms with Crippen molar-refractivity contribution in [2.45, 2.75) is 6.04 Å². The average molecular weight is 393 g/mol. The highest BCUT2D eigenvalue weighted by Crippen LogP contribution is 2.38. The third kappa shape index (κ3) is 3.96. The fourth-order valence-electron chi connectivity index (χ4n) is 3.34. The summed E-state index contributed by atoms with van der Waals surface area (Å²) < 4.78 is 5.23. The number of pyridine rings is 3. The van der Waals surface area contributed by atoms with E-state index in [2.05, 4.69) is 25.9 Å². The van der Waals surface area contributed by atoms with Crippen LogP contribution >= 0.6 is 0 Å². The molecule has 1 atom stereocenters. The molecule has 0 bridgehead atoms. The number of hydrogen-bond donors (Lipinski definition) is 0. The van der Waals surface area contributed by atoms with E-state index in [4.69, 9.17) is 4.74 Å². The lowest BCUT2D eigenvalue weighted by Crippen LogP contribution is -2.25. The summed E-state index contributed by atoms with van der Waals surface area (Å²) in [5.41, 5.74) is 4.40. The van der Waals surface area contributed by atoms with Gasteiger partial charge in [0.05, 0.1) is 36.7 Å². The van der Waals surface area contributed by atoms with Crippen LogP contribution in [-0.2, 0) is 0 Å². The molecule has 0 aliphatic rings. The van der Waals surface area contributed by atoms with Crippen molar-refractivity contribution in [2.24, 2.45) is 0 Å². The summed E-state index contributed by atoms with van der Waals surface area (Å²) in [6.45, 7) is 0. The first-order chi connectivity index (χ1) is 14.8. The zero-order valence-corrected chi connectivity index (χ0v) is 16.4. The van der Waals surface area contributed by atoms with Crippen LogP contribution in [0.25, 0.3) is 0 Å². The summed E-state index contributed by atoms with van der Waals surface area (Å²) in [6, 6.07) is 21.2. The molecule has 3 heterocycles. The van der Waals surface area contributed by atoms with Crippen molar-refractivity contribution in [3.05, 3.63) is 108 Å². The summed E-state index contributed by atoms with van der Waals surface area (Å²) in [7, 11) is 1.60. The van der Waals surface area contributed by atoms with Crippen molar-refractivity contribution in [3.63, 3.8) is 0 Å². The van der Waals surface area contributed by atoms with Gasteiger partial charge in [0.1, 0.15) is 0 Å². The van der Waals surface area contributed by atoms with E-state index >= 15 is 0 Å². The molecule has 6 nitrogen and oxygen atoms in total. The molecule has 0 fully saturated rings. The zero-order valence-electron chi connectivity index (χ0n) is 16.4. The molecule has 1 aromatic carbocycles. The van der Waals surface area contributed by atoms with Crippen LogP contribution in [0.3, 0.4) is 0 Å². The number of nitriles is 1. The molecule has 1 unspecified atom stereocenters. The average Bonchev–Trinajstić information content (AvgIpc) is 2.84. The van der Waals surface area contributed by atoms with Gasteiger partial charge in [-0.25, -0.2) is 4.98 Å². The molecule has 0 spiro atoms. The summed E-state index contributed by atoms with van der Waals surface area (Å²) in [6.07, 6.45) is 8.97. The van der Waals surface area contributed by atoms with Gasteiger partial charge < -0.3 is 9.64 Å². The van der Waals surface area contributed by atoms with E-state index in [-0.39, 0.29) is 6.04 Å². The maximum Gasteiger partial charge on any atom is 0.212 e. The molecular formula is C24H19N5O. The smallest absolute Gasteiger partial charge is 0.212 e. The summed E-state index contributed by atoms with van der Waals surface area (Å²) in [5.74, 6) is 0.551. The van der Waals surface area contributed by atoms with E-state index in [0.29, 0.717) is 11.4 Å². The van der Waals surface area contributed by atoms with Crippen molar-refractivity contribution in [1.82, 2.24) is 15.0 Å². The summed E-state index contributed by atoms with van der Waals surface area (Å²) >= 11 is 0. The molecule has 146 valence electrons. The first kappa shape index (κ1) is 19.1. The normalized spacial score (nSPS) is 11.3. The van der Waals surface area contributed by atoms with Crippen molar-refractivity contribution >= 4 is 11.4 Å². The van der Waals surface area contributed by atoms with Crippen LogP contribution in [0, 0.1) is 11.3 Å². The second-order valence-corrected chi connectivity index (χ2v) is 6.56. The van der Waals surface area contributed by atoms with Gasteiger partial charge in [0.25, 0.3) is 0 Å². The number of rotatable bonds is 6. The highest BCUT2D eigenvalue weighted by molar-refractivity contribution is 5.67. The Morgan fingerprint density at radius 1 is 0.833 bits per heavy atom. The van der Waals surface area contributed by atoms with Gasteiger partial charge in [0, 0.05) is 36.5 Å². The number of nitrogens with zero attached hydrogens (tertiary/aromatic N) is 5. The van der Waals surface area contributed by atoms with Crippen LogP contribution in [0.1, 0.15) is 22.7 Å². The van der Waals surface area contributed by atoms with Crippen LogP contribution in [0.15, 0.2) is 91.6 Å². The van der Waals surface area contributed by atoms with Crippen molar-refractivity contribution < 1.29 is 4.74 Å². The van der Waals surface area contributed by atoms with Gasteiger partial charge in [-0.3, -0.25) is 9.97 Å². The Balaban J connectivity index is 1.91. The van der Waals surface area contributed by atoms with E-state index in [1.165, 1.54) is 0 Å². The molecule has 0 N–H and O–H groups in total. The topological polar surface area (TPSA) is 74.9 Å². The molecule has 0 aliphatic carbocycles. The Labute approximate surface area is 175 Å². The standard InChI is InChI=1S/C24H19N5O/c1-30-23-11-8-20(16-28-23)24(19-4-2-12-26-15-19)29(22-5-3-13-27-17-22)21-9-6-18(14-25)7-10-21/h2-13,15-17,24H,1H3. The number of ether oxygens (including phenoxy) is 1. The van der Waals surface area contributed by atoms with Gasteiger partial charge in [-0.2, -0.15) is 5.26 Å². The monoisotopic (exact) mass is 393 g/mol. The number of aromatic nitrogens is 3. The second kappa shape index (κ2) is 8.84. The molecule has 3 aromatic heterocycles. The number of anilines is 2. The fourth-order valence-corrected chi connectivity index (χ4v) is 3.34. The van der Waals surface area contributed by atoms with Crippen molar-refractivity contribution in [3.8, 4) is 11.9 Å². The number of methoxy groups -OCH3 is 1. The van der Waals surface area contributed by atoms with E-state index in [1.807, 2.05) is 79.3 Å². The van der Waals surface area contributed by atoms with Crippen molar-refractivity contribution in [1.29, 1.82) is 5.26 Å². The molecule has 0 amide bonds. The number of benzene rings is 1. The molecule has 4 rings (SSSR count). The van der Waals surface area contributed by atoms with Gasteiger partial charge >= 0.3 is 0 Å². The summed E-state index contributed by atoms with van der Waals surface area (Å²) in [4.78, 5) is 15.2. The molecule has 30 heavy (non-hydrogen) atoms. The minimum Gasteiger partial charge on any atom is -0.481 e. The SMILES string of the molecule is COc1ccc(C(c2cccnc2)N(c2ccc(C#N)cc2)c2cccnc2)cn1. The Morgan fingerprint density at radius 3 is 2.13 bits per heavy atom. The molecular weight excluding hydrogens is 374 g/mol. The maximum absolute atomic E-state index is 9.20. The van der Waals surface area contributed by atoms with Crippen LogP contribution in [0.2, 0.25) is 0 Å². The van der Waals surface area contributed by atoms with Gasteiger partial charge in [-0.15, -0.1) is 0 Å². The highest BCUT2D eigenvalue weighted by Gasteiger charge is 2.25. The van der Waals surface area contributed by atoms with Crippen LogP contribution in [0.4, 0.5) is 11.4 Å². The zero-order chi connectivity index (χ0) is 20.8. The third-order valence-electron chi connectivity index (χ3n) is 4.74. The molecule has 4 aromatic rings. The lowest BCUT2D eigenvalue weighted by molar-refractivity contribution is 0.397. The predicted molar refractivity (Wildman–Crippen MR) is 114 cm³/mol. The molecule has 6 heteroatoms. The molecule has 0 saturated carbocycles. The van der Waals surface area contributed by atoms with E-state index < -0.39 is 0 Å². The third-order valence-corrected chi connectivity index (χ3v) is 4.74. The first-order valence-corrected chi connectivity index (χ1v) is 9.39. The Hall–Kier alpha value is -4.24. The lowest BCUT2D eigenvalue weighted by atomic mass is 9.98. The second-order valence-electron chi connectivity index (χ2n) is 6.56. The highest BCUT2D eigenvalue weighted by atomic mass is 16.5. The molecule has 0 saturated heterocycles. The predicted octanol–water partition coefficient (Wildman–Crippen LogP) is 4.68. The largest absolute Gasteiger partial charge is 0.481 e. The maximum atomic E-state index is 9.20. The van der Waals surface area contributed by atoms with Crippen LogP contribution < -0.4 is 9.64 Å². The van der Waals surface area contributed by atoms with Crippen LogP contribution in [-0.4, -0.2) is 22.1 Å². The quantitative estimate of drug-likeness (QED) is 0.473. The fraction of sp³-hybridized carbons (Fsp3) is 0.0833. The lowest BCUT2D eigenvalue weighted by Gasteiger charge is -2.34. The van der Waals surface area contributed by atoms with E-state index in [0.717, 1.165) is 22.5 Å². The van der Waals surface area contributed by atoms with Crippen LogP contribution in [0.5, 0.6) is 5.88 Å². The molecule has 0 radical (unpaired) electrons.